The van der Waals surface area contributed by atoms with E-state index in [9.17, 15) is 19.5 Å². The molecule has 5 rings (SSSR count). The van der Waals surface area contributed by atoms with Crippen LogP contribution in [0.3, 0.4) is 0 Å². The van der Waals surface area contributed by atoms with Crippen molar-refractivity contribution >= 4 is 29.1 Å². The van der Waals surface area contributed by atoms with Crippen LogP contribution in [0.4, 0.5) is 9.59 Å². The Balaban J connectivity index is 1.31. The van der Waals surface area contributed by atoms with Crippen molar-refractivity contribution in [2.24, 2.45) is 0 Å². The number of para-hydroxylation sites is 1. The number of fused-ring (bicyclic) bond motifs is 4. The van der Waals surface area contributed by atoms with Gasteiger partial charge >= 0.3 is 18.2 Å². The van der Waals surface area contributed by atoms with Crippen molar-refractivity contribution in [3.63, 3.8) is 0 Å². The fourth-order valence-electron chi connectivity index (χ4n) is 5.08. The molecule has 39 heavy (non-hydrogen) atoms. The van der Waals surface area contributed by atoms with Gasteiger partial charge in [-0.25, -0.2) is 14.4 Å². The first kappa shape index (κ1) is 26.0. The lowest BCUT2D eigenvalue weighted by atomic mass is 9.98. The summed E-state index contributed by atoms with van der Waals surface area (Å²) in [7, 11) is 0. The summed E-state index contributed by atoms with van der Waals surface area (Å²) >= 11 is 0. The van der Waals surface area contributed by atoms with Crippen LogP contribution in [-0.4, -0.2) is 46.1 Å². The molecule has 1 atom stereocenters. The Hall–Kier alpha value is -4.59. The molecule has 1 heterocycles. The van der Waals surface area contributed by atoms with Crippen molar-refractivity contribution in [1.82, 2.24) is 9.88 Å². The summed E-state index contributed by atoms with van der Waals surface area (Å²) in [5.74, 6) is -1.35. The van der Waals surface area contributed by atoms with Crippen LogP contribution in [0.25, 0.3) is 22.0 Å². The van der Waals surface area contributed by atoms with E-state index in [4.69, 9.17) is 9.47 Å². The van der Waals surface area contributed by atoms with Crippen molar-refractivity contribution in [3.05, 3.63) is 95.7 Å². The smallest absolute Gasteiger partial charge is 0.419 e. The van der Waals surface area contributed by atoms with E-state index in [1.54, 1.807) is 51.2 Å². The van der Waals surface area contributed by atoms with Crippen molar-refractivity contribution in [2.75, 3.05) is 6.61 Å². The number of aromatic nitrogens is 1. The van der Waals surface area contributed by atoms with Crippen molar-refractivity contribution < 1.29 is 29.0 Å². The summed E-state index contributed by atoms with van der Waals surface area (Å²) in [5, 5.41) is 13.1. The molecule has 0 unspecified atom stereocenters. The second-order valence-corrected chi connectivity index (χ2v) is 10.6. The van der Waals surface area contributed by atoms with Gasteiger partial charge in [-0.1, -0.05) is 66.7 Å². The number of nitrogens with one attached hydrogen (secondary N) is 1. The van der Waals surface area contributed by atoms with Gasteiger partial charge in [-0.2, -0.15) is 0 Å². The monoisotopic (exact) mass is 539 g/mol. The second-order valence-electron chi connectivity index (χ2n) is 10.6. The molecule has 200 valence electrons. The summed E-state index contributed by atoms with van der Waals surface area (Å²) in [5.41, 5.74) is 4.82. The lowest BCUT2D eigenvalue weighted by Crippen LogP contribution is -2.42. The molecule has 0 saturated heterocycles. The van der Waals surface area contributed by atoms with Gasteiger partial charge in [0.1, 0.15) is 18.2 Å². The minimum Gasteiger partial charge on any atom is -0.480 e. The van der Waals surface area contributed by atoms with Crippen molar-refractivity contribution in [3.8, 4) is 11.1 Å². The first-order valence-electron chi connectivity index (χ1n) is 12.8. The number of aliphatic carboxylic acids is 1. The molecule has 1 aliphatic rings. The molecule has 0 saturated carbocycles. The topological polar surface area (TPSA) is 107 Å². The zero-order chi connectivity index (χ0) is 27.7. The van der Waals surface area contributed by atoms with E-state index in [0.717, 1.165) is 22.3 Å². The van der Waals surface area contributed by atoms with E-state index in [1.807, 2.05) is 48.5 Å². The molecule has 0 aliphatic heterocycles. The Bertz CT molecular complexity index is 1520. The van der Waals surface area contributed by atoms with Gasteiger partial charge in [-0.15, -0.1) is 0 Å². The van der Waals surface area contributed by atoms with Gasteiger partial charge in [0, 0.05) is 23.9 Å². The van der Waals surface area contributed by atoms with Gasteiger partial charge in [0.25, 0.3) is 0 Å². The van der Waals surface area contributed by atoms with E-state index in [1.165, 1.54) is 4.57 Å². The molecule has 0 spiro atoms. The Morgan fingerprint density at radius 1 is 0.923 bits per heavy atom. The molecule has 0 fully saturated rings. The summed E-state index contributed by atoms with van der Waals surface area (Å²) in [6.45, 7) is 5.40. The van der Waals surface area contributed by atoms with E-state index in [0.29, 0.717) is 16.5 Å². The number of carbonyl (C=O) groups is 3. The highest BCUT2D eigenvalue weighted by Crippen LogP contribution is 2.44. The Kier molecular flexibility index (Phi) is 6.87. The number of benzene rings is 3. The molecule has 8 nitrogen and oxygen atoms in total. The number of hydrogen-bond donors (Lipinski definition) is 2. The molecule has 0 bridgehead atoms. The minimum absolute atomic E-state index is 0.0458. The Labute approximate surface area is 226 Å². The molecule has 1 aromatic heterocycles. The molecule has 2 N–H and O–H groups in total. The van der Waals surface area contributed by atoms with Crippen LogP contribution in [-0.2, 0) is 20.7 Å². The van der Waals surface area contributed by atoms with Gasteiger partial charge in [-0.3, -0.25) is 4.57 Å². The number of carbonyl (C=O) groups excluding carboxylic acids is 2. The largest absolute Gasteiger partial charge is 0.480 e. The first-order valence-corrected chi connectivity index (χ1v) is 12.8. The standard InChI is InChI=1S/C31H30N2O6/c1-31(2,3)39-30(37)33-17-19(20-10-8-9-15-27(20)33)16-26(28(34)35)32-29(36)38-18-25-23-13-6-4-11-21(23)22-12-5-7-14-24(22)25/h4-15,17,25-26H,16,18H2,1-3H3,(H,32,36)(H,34,35)/t26-/m0/s1/i8+1,9+1,10+1,15+1,16+1,17+1,19+1,20+1,26+1,27+1,28+1,32+1,33+1. The van der Waals surface area contributed by atoms with Crippen LogP contribution in [0, 0.1) is 0 Å². The SMILES string of the molecule is CC(C)(C)OC(=O)[15n]1[13cH][13c]([13CH2][13C@H]([15NH]C(=O)OCC2c3ccccc3-c3ccccc32)[13C](=O)O)[13c]2[13cH][13cH][13cH][13cH][13c]21. The average Bonchev–Trinajstić information content (AvgIpc) is 3.42. The number of rotatable bonds is 6. The molecule has 3 aromatic carbocycles. The minimum atomic E-state index is -1.27. The van der Waals surface area contributed by atoms with Gasteiger partial charge in [0.15, 0.2) is 0 Å². The highest BCUT2D eigenvalue weighted by molar-refractivity contribution is 5.92. The number of nitrogens with zero attached hydrogens (tertiary/aromatic N) is 1. The van der Waals surface area contributed by atoms with E-state index in [-0.39, 0.29) is 18.9 Å². The summed E-state index contributed by atoms with van der Waals surface area (Å²) in [6, 6.07) is 21.9. The second kappa shape index (κ2) is 10.3. The lowest BCUT2D eigenvalue weighted by molar-refractivity contribution is -0.139. The number of hydrogen-bond acceptors (Lipinski definition) is 5. The van der Waals surface area contributed by atoms with E-state index >= 15 is 0 Å². The van der Waals surface area contributed by atoms with Gasteiger partial charge in [0.2, 0.25) is 0 Å². The predicted molar refractivity (Wildman–Crippen MR) is 147 cm³/mol. The molecular formula is C31H30N2O6. The van der Waals surface area contributed by atoms with Crippen LogP contribution >= 0.6 is 0 Å². The number of amides is 1. The number of carboxylic acid groups (broad SMARTS) is 1. The maximum absolute atomic E-state index is 12.8. The van der Waals surface area contributed by atoms with E-state index < -0.39 is 29.8 Å². The third-order valence-corrected chi connectivity index (χ3v) is 6.74. The highest BCUT2D eigenvalue weighted by atomic mass is 16.6. The number of carboxylic acids is 1. The molecular weight excluding hydrogens is 509 g/mol. The Morgan fingerprint density at radius 2 is 1.51 bits per heavy atom. The quantitative estimate of drug-likeness (QED) is 0.231. The molecule has 1 aliphatic carbocycles. The van der Waals surface area contributed by atoms with E-state index in [2.05, 4.69) is 5.32 Å². The molecule has 0 radical (unpaired) electrons. The van der Waals surface area contributed by atoms with Crippen molar-refractivity contribution in [1.29, 1.82) is 0 Å². The van der Waals surface area contributed by atoms with Gasteiger partial charge in [0.05, 0.1) is 5.52 Å². The molecule has 4 aromatic rings. The molecule has 1 amide bonds. The maximum Gasteiger partial charge on any atom is 0.419 e. The summed E-state index contributed by atoms with van der Waals surface area (Å²) in [6.07, 6.45) is 0.130. The zero-order valence-electron chi connectivity index (χ0n) is 22.0. The fourth-order valence-corrected chi connectivity index (χ4v) is 5.08. The maximum atomic E-state index is 12.8. The number of ether oxygens (including phenoxy) is 2. The van der Waals surface area contributed by atoms with Crippen LogP contribution in [0.15, 0.2) is 79.0 Å². The van der Waals surface area contributed by atoms with Crippen molar-refractivity contribution in [2.45, 2.75) is 44.8 Å². The van der Waals surface area contributed by atoms with Crippen LogP contribution < -0.4 is 5.32 Å². The number of alkyl carbamates (subject to hydrolysis) is 1. The normalized spacial score (nSPS) is 13.4. The Morgan fingerprint density at radius 3 is 2.13 bits per heavy atom. The van der Waals surface area contributed by atoms with Gasteiger partial charge < -0.3 is 19.9 Å². The molecule has 8 heteroatoms. The average molecular weight is 539 g/mol. The third kappa shape index (κ3) is 5.36. The fraction of sp³-hybridized carbons (Fsp3) is 0.258. The van der Waals surface area contributed by atoms with Crippen LogP contribution in [0.2, 0.25) is 0 Å². The van der Waals surface area contributed by atoms with Gasteiger partial charge in [-0.05, 0) is 54.7 Å². The van der Waals surface area contributed by atoms with Crippen LogP contribution in [0.5, 0.6) is 0 Å². The summed E-state index contributed by atoms with van der Waals surface area (Å²) in [4.78, 5) is 37.7. The zero-order valence-corrected chi connectivity index (χ0v) is 22.0. The predicted octanol–water partition coefficient (Wildman–Crippen LogP) is 5.96. The third-order valence-electron chi connectivity index (χ3n) is 6.74. The van der Waals surface area contributed by atoms with Crippen LogP contribution in [0.1, 0.15) is 43.4 Å². The highest BCUT2D eigenvalue weighted by Gasteiger charge is 2.30. The first-order chi connectivity index (χ1) is 18.6. The summed E-state index contributed by atoms with van der Waals surface area (Å²) < 4.78 is 12.4. The lowest BCUT2D eigenvalue weighted by Gasteiger charge is -2.19.